The average molecular weight is 328 g/mol. The van der Waals surface area contributed by atoms with Crippen molar-refractivity contribution in [2.45, 2.75) is 32.0 Å². The summed E-state index contributed by atoms with van der Waals surface area (Å²) in [7, 11) is 0. The van der Waals surface area contributed by atoms with E-state index in [-0.39, 0.29) is 12.0 Å². The SMILES string of the molecule is CC(Oc1ccccc1Br)C(=O)NCC1CCCO1. The summed E-state index contributed by atoms with van der Waals surface area (Å²) < 4.78 is 11.9. The minimum absolute atomic E-state index is 0.119. The number of rotatable bonds is 5. The first kappa shape index (κ1) is 14.3. The minimum Gasteiger partial charge on any atom is -0.480 e. The summed E-state index contributed by atoms with van der Waals surface area (Å²) in [5, 5.41) is 2.86. The van der Waals surface area contributed by atoms with Crippen molar-refractivity contribution in [3.8, 4) is 5.75 Å². The fraction of sp³-hybridized carbons (Fsp3) is 0.500. The molecule has 19 heavy (non-hydrogen) atoms. The molecule has 1 aliphatic heterocycles. The highest BCUT2D eigenvalue weighted by molar-refractivity contribution is 9.10. The number of amides is 1. The van der Waals surface area contributed by atoms with Gasteiger partial charge in [0.1, 0.15) is 5.75 Å². The Balaban J connectivity index is 1.80. The van der Waals surface area contributed by atoms with E-state index in [0.717, 1.165) is 23.9 Å². The summed E-state index contributed by atoms with van der Waals surface area (Å²) in [5.74, 6) is 0.550. The molecule has 2 unspecified atom stereocenters. The molecule has 1 N–H and O–H groups in total. The Morgan fingerprint density at radius 2 is 2.37 bits per heavy atom. The zero-order valence-corrected chi connectivity index (χ0v) is 12.5. The van der Waals surface area contributed by atoms with Gasteiger partial charge in [-0.25, -0.2) is 0 Å². The van der Waals surface area contributed by atoms with Crippen LogP contribution in [0.4, 0.5) is 0 Å². The van der Waals surface area contributed by atoms with E-state index in [2.05, 4.69) is 21.2 Å². The third kappa shape index (κ3) is 4.21. The normalized spacial score (nSPS) is 20.0. The Kier molecular flexibility index (Phi) is 5.22. The van der Waals surface area contributed by atoms with Crippen LogP contribution in [0.2, 0.25) is 0 Å². The molecule has 0 radical (unpaired) electrons. The van der Waals surface area contributed by atoms with Crippen molar-refractivity contribution < 1.29 is 14.3 Å². The Morgan fingerprint density at radius 3 is 3.05 bits per heavy atom. The lowest BCUT2D eigenvalue weighted by atomic mass is 10.2. The van der Waals surface area contributed by atoms with Gasteiger partial charge >= 0.3 is 0 Å². The van der Waals surface area contributed by atoms with Gasteiger partial charge in [0.05, 0.1) is 10.6 Å². The highest BCUT2D eigenvalue weighted by atomic mass is 79.9. The van der Waals surface area contributed by atoms with E-state index in [1.165, 1.54) is 0 Å². The molecule has 2 atom stereocenters. The lowest BCUT2D eigenvalue weighted by Crippen LogP contribution is -2.40. The minimum atomic E-state index is -0.528. The molecule has 0 bridgehead atoms. The maximum Gasteiger partial charge on any atom is 0.260 e. The summed E-state index contributed by atoms with van der Waals surface area (Å²) >= 11 is 3.39. The number of halogens is 1. The molecular weight excluding hydrogens is 310 g/mol. The van der Waals surface area contributed by atoms with Gasteiger partial charge in [0.25, 0.3) is 5.91 Å². The predicted octanol–water partition coefficient (Wildman–Crippen LogP) is 2.51. The van der Waals surface area contributed by atoms with Crippen LogP contribution < -0.4 is 10.1 Å². The van der Waals surface area contributed by atoms with E-state index in [9.17, 15) is 4.79 Å². The molecule has 1 aliphatic rings. The Bertz CT molecular complexity index is 432. The van der Waals surface area contributed by atoms with Crippen LogP contribution in [0.25, 0.3) is 0 Å². The van der Waals surface area contributed by atoms with Gasteiger partial charge in [-0.15, -0.1) is 0 Å². The van der Waals surface area contributed by atoms with E-state index >= 15 is 0 Å². The topological polar surface area (TPSA) is 47.6 Å². The largest absolute Gasteiger partial charge is 0.480 e. The van der Waals surface area contributed by atoms with Crippen LogP contribution in [0.15, 0.2) is 28.7 Å². The standard InChI is InChI=1S/C14H18BrNO3/c1-10(19-13-7-3-2-6-12(13)15)14(17)16-9-11-5-4-8-18-11/h2-3,6-7,10-11H,4-5,8-9H2,1H3,(H,16,17). The first-order chi connectivity index (χ1) is 9.16. The summed E-state index contributed by atoms with van der Waals surface area (Å²) in [6.45, 7) is 3.09. The molecule has 5 heteroatoms. The van der Waals surface area contributed by atoms with Crippen LogP contribution in [0, 0.1) is 0 Å². The van der Waals surface area contributed by atoms with Crippen molar-refractivity contribution in [3.05, 3.63) is 28.7 Å². The lowest BCUT2D eigenvalue weighted by Gasteiger charge is -2.17. The highest BCUT2D eigenvalue weighted by Crippen LogP contribution is 2.24. The van der Waals surface area contributed by atoms with Crippen molar-refractivity contribution in [2.75, 3.05) is 13.2 Å². The molecule has 4 nitrogen and oxygen atoms in total. The Labute approximate surface area is 121 Å². The Hall–Kier alpha value is -1.07. The van der Waals surface area contributed by atoms with Crippen LogP contribution in [-0.2, 0) is 9.53 Å². The number of carbonyl (C=O) groups excluding carboxylic acids is 1. The fourth-order valence-corrected chi connectivity index (χ4v) is 2.33. The van der Waals surface area contributed by atoms with Crippen LogP contribution in [-0.4, -0.2) is 31.3 Å². The number of nitrogens with one attached hydrogen (secondary N) is 1. The van der Waals surface area contributed by atoms with Gasteiger partial charge in [-0.2, -0.15) is 0 Å². The maximum absolute atomic E-state index is 11.9. The summed E-state index contributed by atoms with van der Waals surface area (Å²) in [6, 6.07) is 7.48. The summed E-state index contributed by atoms with van der Waals surface area (Å²) in [4.78, 5) is 11.9. The third-order valence-corrected chi connectivity index (χ3v) is 3.69. The number of carbonyl (C=O) groups is 1. The van der Waals surface area contributed by atoms with Crippen molar-refractivity contribution >= 4 is 21.8 Å². The molecule has 1 aromatic carbocycles. The van der Waals surface area contributed by atoms with Gasteiger partial charge in [-0.1, -0.05) is 12.1 Å². The van der Waals surface area contributed by atoms with E-state index < -0.39 is 6.10 Å². The molecule has 0 aliphatic carbocycles. The molecule has 0 aromatic heterocycles. The second-order valence-electron chi connectivity index (χ2n) is 4.57. The summed E-state index contributed by atoms with van der Waals surface area (Å²) in [6.07, 6.45) is 1.71. The third-order valence-electron chi connectivity index (χ3n) is 3.04. The Morgan fingerprint density at radius 1 is 1.58 bits per heavy atom. The number of benzene rings is 1. The van der Waals surface area contributed by atoms with Crippen LogP contribution in [0.3, 0.4) is 0 Å². The second kappa shape index (κ2) is 6.91. The molecule has 1 fully saturated rings. The molecule has 1 aromatic rings. The quantitative estimate of drug-likeness (QED) is 0.903. The zero-order valence-electron chi connectivity index (χ0n) is 10.9. The van der Waals surface area contributed by atoms with Crippen LogP contribution in [0.1, 0.15) is 19.8 Å². The van der Waals surface area contributed by atoms with Crippen LogP contribution >= 0.6 is 15.9 Å². The summed E-state index contributed by atoms with van der Waals surface area (Å²) in [5.41, 5.74) is 0. The first-order valence-electron chi connectivity index (χ1n) is 6.47. The number of para-hydroxylation sites is 1. The van der Waals surface area contributed by atoms with E-state index in [1.54, 1.807) is 6.92 Å². The highest BCUT2D eigenvalue weighted by Gasteiger charge is 2.19. The van der Waals surface area contributed by atoms with Gasteiger partial charge in [0.2, 0.25) is 0 Å². The van der Waals surface area contributed by atoms with Crippen molar-refractivity contribution in [2.24, 2.45) is 0 Å². The van der Waals surface area contributed by atoms with Gasteiger partial charge < -0.3 is 14.8 Å². The molecule has 2 rings (SSSR count). The number of hydrogen-bond acceptors (Lipinski definition) is 3. The number of ether oxygens (including phenoxy) is 2. The van der Waals surface area contributed by atoms with Crippen LogP contribution in [0.5, 0.6) is 5.75 Å². The van der Waals surface area contributed by atoms with Gasteiger partial charge in [0, 0.05) is 13.2 Å². The second-order valence-corrected chi connectivity index (χ2v) is 5.43. The fourth-order valence-electron chi connectivity index (χ4n) is 1.95. The molecule has 0 spiro atoms. The average Bonchev–Trinajstić information content (AvgIpc) is 2.91. The molecular formula is C14H18BrNO3. The van der Waals surface area contributed by atoms with E-state index in [1.807, 2.05) is 24.3 Å². The van der Waals surface area contributed by atoms with Crippen molar-refractivity contribution in [1.29, 1.82) is 0 Å². The molecule has 1 heterocycles. The van der Waals surface area contributed by atoms with Gasteiger partial charge in [-0.05, 0) is 47.8 Å². The molecule has 1 amide bonds. The first-order valence-corrected chi connectivity index (χ1v) is 7.26. The zero-order chi connectivity index (χ0) is 13.7. The predicted molar refractivity (Wildman–Crippen MR) is 76.2 cm³/mol. The van der Waals surface area contributed by atoms with E-state index in [0.29, 0.717) is 12.3 Å². The molecule has 1 saturated heterocycles. The maximum atomic E-state index is 11.9. The lowest BCUT2D eigenvalue weighted by molar-refractivity contribution is -0.127. The van der Waals surface area contributed by atoms with Crippen molar-refractivity contribution in [3.63, 3.8) is 0 Å². The molecule has 0 saturated carbocycles. The smallest absolute Gasteiger partial charge is 0.260 e. The van der Waals surface area contributed by atoms with Gasteiger partial charge in [0.15, 0.2) is 6.10 Å². The van der Waals surface area contributed by atoms with E-state index in [4.69, 9.17) is 9.47 Å². The number of hydrogen-bond donors (Lipinski definition) is 1. The molecule has 104 valence electrons. The van der Waals surface area contributed by atoms with Gasteiger partial charge in [-0.3, -0.25) is 4.79 Å². The monoisotopic (exact) mass is 327 g/mol. The van der Waals surface area contributed by atoms with Crippen molar-refractivity contribution in [1.82, 2.24) is 5.32 Å².